The third kappa shape index (κ3) is 4.16. The second-order valence-electron chi connectivity index (χ2n) is 8.06. The molecule has 0 atom stereocenters. The van der Waals surface area contributed by atoms with Crippen molar-refractivity contribution in [2.75, 3.05) is 19.3 Å². The fraction of sp³-hybridized carbons (Fsp3) is 0.611. The summed E-state index contributed by atoms with van der Waals surface area (Å²) in [5.74, 6) is -3.18. The number of fused-ring (bicyclic) bond motifs is 1. The fourth-order valence-electron chi connectivity index (χ4n) is 3.21. The number of alkyl halides is 2. The predicted molar refractivity (Wildman–Crippen MR) is 97.8 cm³/mol. The molecule has 154 valence electrons. The van der Waals surface area contributed by atoms with Crippen LogP contribution >= 0.6 is 0 Å². The Bertz CT molecular complexity index is 952. The summed E-state index contributed by atoms with van der Waals surface area (Å²) in [6.45, 7) is 5.87. The van der Waals surface area contributed by atoms with Gasteiger partial charge in [0, 0.05) is 31.3 Å². The van der Waals surface area contributed by atoms with Gasteiger partial charge in [-0.1, -0.05) is 6.08 Å². The van der Waals surface area contributed by atoms with E-state index in [1.165, 1.54) is 4.90 Å². The van der Waals surface area contributed by atoms with Gasteiger partial charge in [0.2, 0.25) is 15.0 Å². The molecule has 1 aromatic heterocycles. The first kappa shape index (κ1) is 20.6. The molecule has 0 fully saturated rings. The number of carbonyl (C=O) groups excluding carboxylic acids is 1. The molecule has 0 unspecified atom stereocenters. The van der Waals surface area contributed by atoms with E-state index in [1.54, 1.807) is 26.8 Å². The maximum absolute atomic E-state index is 14.2. The van der Waals surface area contributed by atoms with Crippen LogP contribution in [0.25, 0.3) is 5.57 Å². The Morgan fingerprint density at radius 1 is 1.25 bits per heavy atom. The first-order valence-corrected chi connectivity index (χ1v) is 10.8. The van der Waals surface area contributed by atoms with E-state index in [9.17, 15) is 22.0 Å². The summed E-state index contributed by atoms with van der Waals surface area (Å²) >= 11 is 0. The van der Waals surface area contributed by atoms with Gasteiger partial charge < -0.3 is 9.64 Å². The standard InChI is InChI=1S/C18H23F2N3O4S/c1-17(2,3)27-16(24)23-9-6-11(7-10-23)13-12-5-8-18(19,20)14(12)22-15(21-13)28(4,25)26/h6H,5,7-10H2,1-4H3. The van der Waals surface area contributed by atoms with Crippen LogP contribution in [0.5, 0.6) is 0 Å². The number of hydrogen-bond donors (Lipinski definition) is 0. The monoisotopic (exact) mass is 415 g/mol. The highest BCUT2D eigenvalue weighted by molar-refractivity contribution is 7.90. The molecule has 0 saturated heterocycles. The molecular formula is C18H23F2N3O4S. The Labute approximate surface area is 162 Å². The minimum absolute atomic E-state index is 0.0782. The van der Waals surface area contributed by atoms with E-state index in [2.05, 4.69) is 9.97 Å². The highest BCUT2D eigenvalue weighted by atomic mass is 32.2. The van der Waals surface area contributed by atoms with Gasteiger partial charge in [-0.2, -0.15) is 8.78 Å². The molecule has 2 heterocycles. The van der Waals surface area contributed by atoms with Gasteiger partial charge in [0.15, 0.2) is 0 Å². The minimum atomic E-state index is -3.85. The van der Waals surface area contributed by atoms with Crippen LogP contribution < -0.4 is 0 Å². The highest BCUT2D eigenvalue weighted by Crippen LogP contribution is 2.43. The second kappa shape index (κ2) is 6.75. The third-order valence-corrected chi connectivity index (χ3v) is 5.36. The van der Waals surface area contributed by atoms with Crippen molar-refractivity contribution in [1.29, 1.82) is 0 Å². The molecule has 0 radical (unpaired) electrons. The summed E-state index contributed by atoms with van der Waals surface area (Å²) in [6, 6.07) is 0. The van der Waals surface area contributed by atoms with Crippen molar-refractivity contribution in [1.82, 2.24) is 14.9 Å². The lowest BCUT2D eigenvalue weighted by atomic mass is 10.00. The maximum atomic E-state index is 14.2. The molecule has 2 aliphatic rings. The lowest BCUT2D eigenvalue weighted by Gasteiger charge is -2.29. The lowest BCUT2D eigenvalue weighted by Crippen LogP contribution is -2.39. The van der Waals surface area contributed by atoms with Gasteiger partial charge in [-0.25, -0.2) is 23.2 Å². The number of amides is 1. The fourth-order valence-corrected chi connectivity index (χ4v) is 3.73. The van der Waals surface area contributed by atoms with Gasteiger partial charge in [0.05, 0.1) is 5.69 Å². The molecule has 1 aliphatic heterocycles. The molecule has 0 N–H and O–H groups in total. The van der Waals surface area contributed by atoms with Crippen LogP contribution in [0, 0.1) is 0 Å². The van der Waals surface area contributed by atoms with Crippen LogP contribution in [-0.2, 0) is 26.9 Å². The van der Waals surface area contributed by atoms with Gasteiger partial charge in [0.1, 0.15) is 11.3 Å². The zero-order chi connectivity index (χ0) is 20.9. The molecule has 28 heavy (non-hydrogen) atoms. The summed E-state index contributed by atoms with van der Waals surface area (Å²) < 4.78 is 57.5. The summed E-state index contributed by atoms with van der Waals surface area (Å²) in [6.07, 6.45) is 2.16. The SMILES string of the molecule is CC(C)(C)OC(=O)N1CC=C(c2nc(S(C)(=O)=O)nc3c2CCC3(F)F)CC1. The van der Waals surface area contributed by atoms with Gasteiger partial charge in [0.25, 0.3) is 5.92 Å². The minimum Gasteiger partial charge on any atom is -0.444 e. The Morgan fingerprint density at radius 2 is 1.93 bits per heavy atom. The largest absolute Gasteiger partial charge is 0.444 e. The van der Waals surface area contributed by atoms with Crippen molar-refractivity contribution in [2.24, 2.45) is 0 Å². The first-order valence-electron chi connectivity index (χ1n) is 8.94. The van der Waals surface area contributed by atoms with Crippen LogP contribution in [0.4, 0.5) is 13.6 Å². The maximum Gasteiger partial charge on any atom is 0.410 e. The average Bonchev–Trinajstić information content (AvgIpc) is 2.87. The van der Waals surface area contributed by atoms with Crippen molar-refractivity contribution < 1.29 is 26.7 Å². The summed E-state index contributed by atoms with van der Waals surface area (Å²) in [5, 5.41) is -0.599. The average molecular weight is 415 g/mol. The predicted octanol–water partition coefficient (Wildman–Crippen LogP) is 2.94. The summed E-state index contributed by atoms with van der Waals surface area (Å²) in [7, 11) is -3.85. The molecule has 10 heteroatoms. The summed E-state index contributed by atoms with van der Waals surface area (Å²) in [5.41, 5.74) is 0.0418. The normalized spacial score (nSPS) is 19.2. The van der Waals surface area contributed by atoms with Crippen molar-refractivity contribution in [3.63, 3.8) is 0 Å². The molecule has 0 aromatic carbocycles. The van der Waals surface area contributed by atoms with Gasteiger partial charge in [-0.3, -0.25) is 0 Å². The molecule has 0 bridgehead atoms. The quantitative estimate of drug-likeness (QED) is 0.690. The zero-order valence-electron chi connectivity index (χ0n) is 16.3. The van der Waals surface area contributed by atoms with Crippen LogP contribution in [0.2, 0.25) is 0 Å². The smallest absolute Gasteiger partial charge is 0.410 e. The number of carbonyl (C=O) groups is 1. The van der Waals surface area contributed by atoms with E-state index in [0.717, 1.165) is 6.26 Å². The topological polar surface area (TPSA) is 89.5 Å². The van der Waals surface area contributed by atoms with E-state index in [1.807, 2.05) is 0 Å². The molecule has 3 rings (SSSR count). The Kier molecular flexibility index (Phi) is 4.97. The van der Waals surface area contributed by atoms with Crippen LogP contribution in [0.15, 0.2) is 11.2 Å². The molecular weight excluding hydrogens is 392 g/mol. The van der Waals surface area contributed by atoms with Crippen LogP contribution in [-0.4, -0.2) is 54.3 Å². The van der Waals surface area contributed by atoms with E-state index in [4.69, 9.17) is 4.74 Å². The highest BCUT2D eigenvalue weighted by Gasteiger charge is 2.44. The molecule has 0 spiro atoms. The lowest BCUT2D eigenvalue weighted by molar-refractivity contribution is -0.00655. The molecule has 7 nitrogen and oxygen atoms in total. The Hall–Kier alpha value is -2.10. The van der Waals surface area contributed by atoms with Crippen molar-refractivity contribution >= 4 is 21.5 Å². The molecule has 0 saturated carbocycles. The van der Waals surface area contributed by atoms with E-state index >= 15 is 0 Å². The number of hydrogen-bond acceptors (Lipinski definition) is 6. The number of halogens is 2. The zero-order valence-corrected chi connectivity index (χ0v) is 17.1. The van der Waals surface area contributed by atoms with Crippen LogP contribution in [0.1, 0.15) is 50.6 Å². The number of nitrogens with zero attached hydrogens (tertiary/aromatic N) is 3. The van der Waals surface area contributed by atoms with E-state index in [-0.39, 0.29) is 24.2 Å². The van der Waals surface area contributed by atoms with Crippen molar-refractivity contribution in [3.05, 3.63) is 23.0 Å². The number of rotatable bonds is 2. The van der Waals surface area contributed by atoms with Crippen molar-refractivity contribution in [3.8, 4) is 0 Å². The van der Waals surface area contributed by atoms with E-state index < -0.39 is 44.7 Å². The second-order valence-corrected chi connectivity index (χ2v) is 9.97. The van der Waals surface area contributed by atoms with Gasteiger partial charge >= 0.3 is 6.09 Å². The molecule has 1 aliphatic carbocycles. The van der Waals surface area contributed by atoms with E-state index in [0.29, 0.717) is 18.5 Å². The number of ether oxygens (including phenoxy) is 1. The summed E-state index contributed by atoms with van der Waals surface area (Å²) in [4.78, 5) is 21.4. The van der Waals surface area contributed by atoms with Gasteiger partial charge in [-0.15, -0.1) is 0 Å². The Balaban J connectivity index is 1.95. The Morgan fingerprint density at radius 3 is 2.46 bits per heavy atom. The number of sulfone groups is 1. The third-order valence-electron chi connectivity index (χ3n) is 4.52. The van der Waals surface area contributed by atoms with Crippen LogP contribution in [0.3, 0.4) is 0 Å². The first-order chi connectivity index (χ1) is 12.8. The molecule has 1 aromatic rings. The molecule has 1 amide bonds. The van der Waals surface area contributed by atoms with Crippen molar-refractivity contribution in [2.45, 2.75) is 56.7 Å². The number of aromatic nitrogens is 2. The van der Waals surface area contributed by atoms with Gasteiger partial charge in [-0.05, 0) is 39.2 Å².